The maximum atomic E-state index is 11.7. The van der Waals surface area contributed by atoms with Crippen molar-refractivity contribution in [3.63, 3.8) is 0 Å². The second kappa shape index (κ2) is 5.50. The number of hydrogen-bond acceptors (Lipinski definition) is 4. The van der Waals surface area contributed by atoms with E-state index in [1.807, 2.05) is 0 Å². The normalized spacial score (nSPS) is 10.4. The van der Waals surface area contributed by atoms with E-state index < -0.39 is 4.92 Å². The lowest BCUT2D eigenvalue weighted by Gasteiger charge is -2.07. The van der Waals surface area contributed by atoms with Gasteiger partial charge in [-0.2, -0.15) is 0 Å². The van der Waals surface area contributed by atoms with Gasteiger partial charge >= 0.3 is 0 Å². The van der Waals surface area contributed by atoms with Crippen LogP contribution in [0.1, 0.15) is 5.56 Å². The molecule has 1 aromatic heterocycles. The van der Waals surface area contributed by atoms with Crippen molar-refractivity contribution in [1.82, 2.24) is 9.55 Å². The SMILES string of the molecule is O=c1cc(Cl)ncn1Cc1cccc([N+](=O)[O-])c1Br. The molecule has 0 radical (unpaired) electrons. The van der Waals surface area contributed by atoms with Crippen LogP contribution in [0.5, 0.6) is 0 Å². The first-order valence-electron chi connectivity index (χ1n) is 5.13. The minimum absolute atomic E-state index is 0.0486. The summed E-state index contributed by atoms with van der Waals surface area (Å²) < 4.78 is 1.66. The number of halogens is 2. The summed E-state index contributed by atoms with van der Waals surface area (Å²) in [6, 6.07) is 5.83. The predicted molar refractivity (Wildman–Crippen MR) is 73.4 cm³/mol. The van der Waals surface area contributed by atoms with Crippen LogP contribution in [0.4, 0.5) is 5.69 Å². The van der Waals surface area contributed by atoms with Crippen LogP contribution in [-0.2, 0) is 6.54 Å². The maximum Gasteiger partial charge on any atom is 0.283 e. The molecular weight excluding hydrogens is 337 g/mol. The van der Waals surface area contributed by atoms with Crippen LogP contribution in [0, 0.1) is 10.1 Å². The molecule has 6 nitrogen and oxygen atoms in total. The molecule has 0 saturated heterocycles. The molecule has 19 heavy (non-hydrogen) atoms. The summed E-state index contributed by atoms with van der Waals surface area (Å²) in [5, 5.41) is 10.9. The Kier molecular flexibility index (Phi) is 3.96. The Morgan fingerprint density at radius 2 is 2.21 bits per heavy atom. The Bertz CT molecular complexity index is 702. The molecule has 0 atom stereocenters. The molecule has 0 aliphatic carbocycles. The fourth-order valence-corrected chi connectivity index (χ4v) is 2.21. The summed E-state index contributed by atoms with van der Waals surface area (Å²) in [7, 11) is 0. The smallest absolute Gasteiger partial charge is 0.283 e. The van der Waals surface area contributed by atoms with E-state index in [0.29, 0.717) is 10.0 Å². The quantitative estimate of drug-likeness (QED) is 0.487. The molecule has 1 heterocycles. The minimum Gasteiger partial charge on any atom is -0.295 e. The molecule has 0 fully saturated rings. The third kappa shape index (κ3) is 2.99. The molecule has 98 valence electrons. The van der Waals surface area contributed by atoms with Gasteiger partial charge in [0.25, 0.3) is 11.2 Å². The first kappa shape index (κ1) is 13.7. The Morgan fingerprint density at radius 1 is 1.47 bits per heavy atom. The number of nitrogens with zero attached hydrogens (tertiary/aromatic N) is 3. The topological polar surface area (TPSA) is 78.0 Å². The summed E-state index contributed by atoms with van der Waals surface area (Å²) in [6.45, 7) is 0.172. The first-order valence-corrected chi connectivity index (χ1v) is 6.30. The van der Waals surface area contributed by atoms with Crippen LogP contribution in [-0.4, -0.2) is 14.5 Å². The van der Waals surface area contributed by atoms with E-state index >= 15 is 0 Å². The summed E-state index contributed by atoms with van der Waals surface area (Å²) in [5.74, 6) is 0. The van der Waals surface area contributed by atoms with Gasteiger partial charge < -0.3 is 0 Å². The largest absolute Gasteiger partial charge is 0.295 e. The van der Waals surface area contributed by atoms with E-state index in [2.05, 4.69) is 20.9 Å². The zero-order valence-corrected chi connectivity index (χ0v) is 11.8. The van der Waals surface area contributed by atoms with E-state index in [9.17, 15) is 14.9 Å². The fourth-order valence-electron chi connectivity index (χ4n) is 1.54. The van der Waals surface area contributed by atoms with Crippen LogP contribution >= 0.6 is 27.5 Å². The van der Waals surface area contributed by atoms with Gasteiger partial charge in [0.1, 0.15) is 9.63 Å². The summed E-state index contributed by atoms with van der Waals surface area (Å²) >= 11 is 8.77. The van der Waals surface area contributed by atoms with Crippen molar-refractivity contribution < 1.29 is 4.92 Å². The van der Waals surface area contributed by atoms with E-state index in [4.69, 9.17) is 11.6 Å². The average Bonchev–Trinajstić information content (AvgIpc) is 2.34. The summed E-state index contributed by atoms with van der Waals surface area (Å²) in [4.78, 5) is 25.8. The van der Waals surface area contributed by atoms with E-state index in [1.165, 1.54) is 23.0 Å². The van der Waals surface area contributed by atoms with Crippen molar-refractivity contribution in [2.24, 2.45) is 0 Å². The number of aromatic nitrogens is 2. The van der Waals surface area contributed by atoms with Gasteiger partial charge in [0.05, 0.1) is 17.8 Å². The molecular formula is C11H7BrClN3O3. The standard InChI is InChI=1S/C11H7BrClN3O3/c12-11-7(2-1-3-8(11)16(18)19)5-15-6-14-9(13)4-10(15)17/h1-4,6H,5H2. The summed E-state index contributed by atoms with van der Waals surface area (Å²) in [6.07, 6.45) is 1.30. The molecule has 0 saturated carbocycles. The number of nitro benzene ring substituents is 1. The third-order valence-corrected chi connectivity index (χ3v) is 3.56. The lowest BCUT2D eigenvalue weighted by atomic mass is 10.2. The Labute approximate surface area is 120 Å². The van der Waals surface area contributed by atoms with Crippen molar-refractivity contribution in [2.45, 2.75) is 6.54 Å². The van der Waals surface area contributed by atoms with Gasteiger partial charge in [-0.05, 0) is 21.5 Å². The van der Waals surface area contributed by atoms with Crippen molar-refractivity contribution in [3.8, 4) is 0 Å². The number of rotatable bonds is 3. The Morgan fingerprint density at radius 3 is 2.84 bits per heavy atom. The number of benzene rings is 1. The van der Waals surface area contributed by atoms with Crippen molar-refractivity contribution >= 4 is 33.2 Å². The molecule has 0 bridgehead atoms. The summed E-state index contributed by atoms with van der Waals surface area (Å²) in [5.41, 5.74) is 0.242. The van der Waals surface area contributed by atoms with E-state index in [1.54, 1.807) is 12.1 Å². The van der Waals surface area contributed by atoms with Gasteiger partial charge in [-0.1, -0.05) is 23.7 Å². The molecule has 0 N–H and O–H groups in total. The van der Waals surface area contributed by atoms with E-state index in [0.717, 1.165) is 0 Å². The van der Waals surface area contributed by atoms with Gasteiger partial charge in [-0.15, -0.1) is 0 Å². The van der Waals surface area contributed by atoms with Gasteiger partial charge in [0.2, 0.25) is 0 Å². The van der Waals surface area contributed by atoms with Crippen LogP contribution in [0.2, 0.25) is 5.15 Å². The molecule has 0 aliphatic heterocycles. The predicted octanol–water partition coefficient (Wildman–Crippen LogP) is 2.62. The molecule has 0 amide bonds. The van der Waals surface area contributed by atoms with Crippen LogP contribution in [0.3, 0.4) is 0 Å². The van der Waals surface area contributed by atoms with Crippen molar-refractivity contribution in [1.29, 1.82) is 0 Å². The molecule has 2 rings (SSSR count). The van der Waals surface area contributed by atoms with Gasteiger partial charge in [0.15, 0.2) is 0 Å². The lowest BCUT2D eigenvalue weighted by Crippen LogP contribution is -2.20. The van der Waals surface area contributed by atoms with Crippen LogP contribution in [0.15, 0.2) is 39.9 Å². The molecule has 2 aromatic rings. The molecule has 0 aliphatic rings. The zero-order chi connectivity index (χ0) is 14.0. The van der Waals surface area contributed by atoms with Gasteiger partial charge in [-0.3, -0.25) is 19.5 Å². The monoisotopic (exact) mass is 343 g/mol. The van der Waals surface area contributed by atoms with Crippen molar-refractivity contribution in [3.05, 3.63) is 66.3 Å². The number of nitro groups is 1. The number of hydrogen-bond donors (Lipinski definition) is 0. The highest BCUT2D eigenvalue weighted by atomic mass is 79.9. The second-order valence-electron chi connectivity index (χ2n) is 3.69. The molecule has 0 unspecified atom stereocenters. The average molecular weight is 345 g/mol. The molecule has 1 aromatic carbocycles. The van der Waals surface area contributed by atoms with Crippen LogP contribution in [0.25, 0.3) is 0 Å². The molecule has 0 spiro atoms. The maximum absolute atomic E-state index is 11.7. The first-order chi connectivity index (χ1) is 8.99. The zero-order valence-electron chi connectivity index (χ0n) is 9.42. The third-order valence-electron chi connectivity index (χ3n) is 2.44. The van der Waals surface area contributed by atoms with Gasteiger partial charge in [-0.25, -0.2) is 4.98 Å². The highest BCUT2D eigenvalue weighted by molar-refractivity contribution is 9.10. The minimum atomic E-state index is -0.490. The van der Waals surface area contributed by atoms with Crippen LogP contribution < -0.4 is 5.56 Å². The van der Waals surface area contributed by atoms with E-state index in [-0.39, 0.29) is 22.9 Å². The highest BCUT2D eigenvalue weighted by Gasteiger charge is 2.15. The van der Waals surface area contributed by atoms with Crippen molar-refractivity contribution in [2.75, 3.05) is 0 Å². The molecule has 8 heteroatoms. The highest BCUT2D eigenvalue weighted by Crippen LogP contribution is 2.28. The lowest BCUT2D eigenvalue weighted by molar-refractivity contribution is -0.385. The Hall–Kier alpha value is -1.73. The Balaban J connectivity index is 2.41. The van der Waals surface area contributed by atoms with Gasteiger partial charge in [0, 0.05) is 12.1 Å². The fraction of sp³-hybridized carbons (Fsp3) is 0.0909. The second-order valence-corrected chi connectivity index (χ2v) is 4.87.